The lowest BCUT2D eigenvalue weighted by Crippen LogP contribution is -2.22. The van der Waals surface area contributed by atoms with Crippen molar-refractivity contribution in [2.45, 2.75) is 44.6 Å². The number of rotatable bonds is 7. The molecule has 86 valence electrons. The molecule has 0 radical (unpaired) electrons. The molecule has 1 fully saturated rings. The molecule has 1 aliphatic carbocycles. The second kappa shape index (κ2) is 7.46. The summed E-state index contributed by atoms with van der Waals surface area (Å²) in [6.07, 6.45) is 8.91. The van der Waals surface area contributed by atoms with Gasteiger partial charge >= 0.3 is 0 Å². The van der Waals surface area contributed by atoms with Gasteiger partial charge in [-0.1, -0.05) is 19.4 Å². The van der Waals surface area contributed by atoms with Gasteiger partial charge in [0, 0.05) is 13.2 Å². The summed E-state index contributed by atoms with van der Waals surface area (Å²) in [6.45, 7) is 4.94. The summed E-state index contributed by atoms with van der Waals surface area (Å²) >= 11 is 0. The maximum absolute atomic E-state index is 10.8. The summed E-state index contributed by atoms with van der Waals surface area (Å²) in [5.41, 5.74) is 0. The Hall–Kier alpha value is -0.830. The molecular weight excluding hydrogens is 190 g/mol. The van der Waals surface area contributed by atoms with Gasteiger partial charge in [0.2, 0.25) is 5.91 Å². The molecule has 0 unspecified atom stereocenters. The number of unbranched alkanes of at least 4 members (excludes halogenated alkanes) is 1. The second-order valence-electron chi connectivity index (χ2n) is 3.98. The van der Waals surface area contributed by atoms with Crippen LogP contribution in [0.2, 0.25) is 0 Å². The minimum Gasteiger partial charge on any atom is -0.378 e. The molecule has 1 amide bonds. The number of hydrogen-bond acceptors (Lipinski definition) is 2. The van der Waals surface area contributed by atoms with E-state index in [1.165, 1.54) is 31.8 Å². The van der Waals surface area contributed by atoms with E-state index in [1.807, 2.05) is 0 Å². The number of ether oxygens (including phenoxy) is 1. The summed E-state index contributed by atoms with van der Waals surface area (Å²) in [5, 5.41) is 2.75. The molecule has 3 nitrogen and oxygen atoms in total. The van der Waals surface area contributed by atoms with E-state index in [0.717, 1.165) is 26.0 Å². The summed E-state index contributed by atoms with van der Waals surface area (Å²) in [6, 6.07) is 0. The van der Waals surface area contributed by atoms with Crippen molar-refractivity contribution in [3.8, 4) is 0 Å². The SMILES string of the molecule is C=CC(=O)NCCCCOC1CCCC1. The topological polar surface area (TPSA) is 38.3 Å². The molecule has 0 atom stereocenters. The Balaban J connectivity index is 1.84. The van der Waals surface area contributed by atoms with Crippen molar-refractivity contribution < 1.29 is 9.53 Å². The maximum atomic E-state index is 10.8. The molecule has 0 bridgehead atoms. The third-order valence-electron chi connectivity index (χ3n) is 2.71. The summed E-state index contributed by atoms with van der Waals surface area (Å²) in [7, 11) is 0. The minimum atomic E-state index is -0.0910. The molecular formula is C12H21NO2. The standard InChI is InChI=1S/C12H21NO2/c1-2-12(14)13-9-5-6-10-15-11-7-3-4-8-11/h2,11H,1,3-10H2,(H,13,14). The molecule has 0 aromatic heterocycles. The fourth-order valence-corrected chi connectivity index (χ4v) is 1.82. The average molecular weight is 211 g/mol. The number of carbonyl (C=O) groups is 1. The molecule has 0 aromatic carbocycles. The van der Waals surface area contributed by atoms with Crippen LogP contribution in [0.5, 0.6) is 0 Å². The number of nitrogens with one attached hydrogen (secondary N) is 1. The van der Waals surface area contributed by atoms with Crippen LogP contribution in [0.15, 0.2) is 12.7 Å². The van der Waals surface area contributed by atoms with Crippen LogP contribution in [0.25, 0.3) is 0 Å². The fraction of sp³-hybridized carbons (Fsp3) is 0.750. The van der Waals surface area contributed by atoms with E-state index in [-0.39, 0.29) is 5.91 Å². The van der Waals surface area contributed by atoms with E-state index in [9.17, 15) is 4.79 Å². The Bertz CT molecular complexity index is 198. The molecule has 1 N–H and O–H groups in total. The van der Waals surface area contributed by atoms with Crippen molar-refractivity contribution in [1.29, 1.82) is 0 Å². The van der Waals surface area contributed by atoms with E-state index >= 15 is 0 Å². The highest BCUT2D eigenvalue weighted by Gasteiger charge is 2.14. The van der Waals surface area contributed by atoms with Gasteiger partial charge < -0.3 is 10.1 Å². The maximum Gasteiger partial charge on any atom is 0.243 e. The molecule has 1 aliphatic rings. The van der Waals surface area contributed by atoms with Gasteiger partial charge in [-0.3, -0.25) is 4.79 Å². The number of carbonyl (C=O) groups excluding carboxylic acids is 1. The summed E-state index contributed by atoms with van der Waals surface area (Å²) < 4.78 is 5.70. The second-order valence-corrected chi connectivity index (χ2v) is 3.98. The lowest BCUT2D eigenvalue weighted by molar-refractivity contribution is -0.116. The zero-order valence-corrected chi connectivity index (χ0v) is 9.34. The first-order chi connectivity index (χ1) is 7.33. The molecule has 0 spiro atoms. The van der Waals surface area contributed by atoms with Crippen LogP contribution in [-0.2, 0) is 9.53 Å². The highest BCUT2D eigenvalue weighted by Crippen LogP contribution is 2.20. The van der Waals surface area contributed by atoms with Crippen molar-refractivity contribution >= 4 is 5.91 Å². The van der Waals surface area contributed by atoms with Crippen molar-refractivity contribution in [1.82, 2.24) is 5.32 Å². The lowest BCUT2D eigenvalue weighted by atomic mass is 10.3. The normalized spacial score (nSPS) is 16.5. The highest BCUT2D eigenvalue weighted by molar-refractivity contribution is 5.86. The Labute approximate surface area is 91.9 Å². The van der Waals surface area contributed by atoms with Gasteiger partial charge in [0.1, 0.15) is 0 Å². The predicted octanol–water partition coefficient (Wildman–Crippen LogP) is 2.03. The molecule has 0 aromatic rings. The Morgan fingerprint density at radius 1 is 1.40 bits per heavy atom. The molecule has 0 aliphatic heterocycles. The average Bonchev–Trinajstić information content (AvgIpc) is 2.75. The van der Waals surface area contributed by atoms with Crippen molar-refractivity contribution in [3.05, 3.63) is 12.7 Å². The molecule has 1 rings (SSSR count). The van der Waals surface area contributed by atoms with Crippen LogP contribution in [-0.4, -0.2) is 25.2 Å². The molecule has 1 saturated carbocycles. The fourth-order valence-electron chi connectivity index (χ4n) is 1.82. The molecule has 0 saturated heterocycles. The quantitative estimate of drug-likeness (QED) is 0.517. The van der Waals surface area contributed by atoms with Crippen LogP contribution in [0, 0.1) is 0 Å². The lowest BCUT2D eigenvalue weighted by Gasteiger charge is -2.10. The number of amides is 1. The largest absolute Gasteiger partial charge is 0.378 e. The predicted molar refractivity (Wildman–Crippen MR) is 60.6 cm³/mol. The van der Waals surface area contributed by atoms with Crippen LogP contribution in [0.4, 0.5) is 0 Å². The Morgan fingerprint density at radius 2 is 2.13 bits per heavy atom. The van der Waals surface area contributed by atoms with Crippen LogP contribution in [0.3, 0.4) is 0 Å². The van der Waals surface area contributed by atoms with Crippen molar-refractivity contribution in [2.24, 2.45) is 0 Å². The first-order valence-electron chi connectivity index (χ1n) is 5.85. The third-order valence-corrected chi connectivity index (χ3v) is 2.71. The van der Waals surface area contributed by atoms with Gasteiger partial charge in [0.05, 0.1) is 6.10 Å². The van der Waals surface area contributed by atoms with Gasteiger partial charge in [-0.15, -0.1) is 0 Å². The van der Waals surface area contributed by atoms with E-state index < -0.39 is 0 Å². The van der Waals surface area contributed by atoms with Gasteiger partial charge in [0.25, 0.3) is 0 Å². The van der Waals surface area contributed by atoms with E-state index in [4.69, 9.17) is 4.74 Å². The van der Waals surface area contributed by atoms with Crippen LogP contribution < -0.4 is 5.32 Å². The zero-order valence-electron chi connectivity index (χ0n) is 9.34. The van der Waals surface area contributed by atoms with Crippen LogP contribution in [0.1, 0.15) is 38.5 Å². The van der Waals surface area contributed by atoms with Gasteiger partial charge in [0.15, 0.2) is 0 Å². The van der Waals surface area contributed by atoms with Gasteiger partial charge in [-0.2, -0.15) is 0 Å². The molecule has 15 heavy (non-hydrogen) atoms. The minimum absolute atomic E-state index is 0.0910. The van der Waals surface area contributed by atoms with E-state index in [2.05, 4.69) is 11.9 Å². The number of hydrogen-bond donors (Lipinski definition) is 1. The van der Waals surface area contributed by atoms with Gasteiger partial charge in [-0.25, -0.2) is 0 Å². The van der Waals surface area contributed by atoms with Crippen molar-refractivity contribution in [3.63, 3.8) is 0 Å². The van der Waals surface area contributed by atoms with Crippen LogP contribution >= 0.6 is 0 Å². The van der Waals surface area contributed by atoms with E-state index in [1.54, 1.807) is 0 Å². The first kappa shape index (κ1) is 12.2. The third kappa shape index (κ3) is 5.57. The zero-order chi connectivity index (χ0) is 10.9. The monoisotopic (exact) mass is 211 g/mol. The molecule has 3 heteroatoms. The first-order valence-corrected chi connectivity index (χ1v) is 5.85. The Morgan fingerprint density at radius 3 is 2.80 bits per heavy atom. The Kier molecular flexibility index (Phi) is 6.09. The van der Waals surface area contributed by atoms with Gasteiger partial charge in [-0.05, 0) is 31.8 Å². The summed E-state index contributed by atoms with van der Waals surface area (Å²) in [4.78, 5) is 10.8. The summed E-state index contributed by atoms with van der Waals surface area (Å²) in [5.74, 6) is -0.0910. The van der Waals surface area contributed by atoms with E-state index in [0.29, 0.717) is 6.10 Å². The van der Waals surface area contributed by atoms with Crippen molar-refractivity contribution in [2.75, 3.05) is 13.2 Å². The highest BCUT2D eigenvalue weighted by atomic mass is 16.5. The molecule has 0 heterocycles. The smallest absolute Gasteiger partial charge is 0.243 e.